The van der Waals surface area contributed by atoms with Crippen LogP contribution in [0, 0.1) is 28.6 Å². The predicted octanol–water partition coefficient (Wildman–Crippen LogP) is 5.03. The number of fused-ring (bicyclic) bond motifs is 1. The molecule has 0 aromatic carbocycles. The quantitative estimate of drug-likeness (QED) is 0.657. The molecule has 2 aliphatic carbocycles. The molecule has 0 radical (unpaired) electrons. The molecule has 25 heavy (non-hydrogen) atoms. The second kappa shape index (κ2) is 5.96. The third kappa shape index (κ3) is 3.43. The van der Waals surface area contributed by atoms with Gasteiger partial charge < -0.3 is 0 Å². The standard InChI is InChI=1S/C23H42N2/c1-21(2,3)19-11-17-15-24(16-18(17)12-19)20-13-23(14-20)7-9-25(10-8-23)22(4,5)6/h17-20H,7-16H2,1-6H3/t17-,18-/m0/s1. The van der Waals surface area contributed by atoms with E-state index in [1.165, 1.54) is 64.7 Å². The summed E-state index contributed by atoms with van der Waals surface area (Å²) >= 11 is 0. The van der Waals surface area contributed by atoms with Gasteiger partial charge >= 0.3 is 0 Å². The first-order valence-electron chi connectivity index (χ1n) is 11.0. The topological polar surface area (TPSA) is 6.48 Å². The minimum absolute atomic E-state index is 0.362. The molecular formula is C23H42N2. The Hall–Kier alpha value is -0.0800. The summed E-state index contributed by atoms with van der Waals surface area (Å²) in [6.07, 6.45) is 8.92. The van der Waals surface area contributed by atoms with E-state index in [0.717, 1.165) is 29.2 Å². The molecule has 0 unspecified atom stereocenters. The molecule has 0 amide bonds. The molecule has 4 rings (SSSR count). The SMILES string of the molecule is CC(C)(C)C1C[C@H]2CN(C3CC4(CCN(C(C)(C)C)CC4)C3)C[C@@H]2C1. The highest BCUT2D eigenvalue weighted by Gasteiger charge is 2.52. The molecule has 1 spiro atoms. The van der Waals surface area contributed by atoms with Crippen LogP contribution in [0.1, 0.15) is 80.1 Å². The van der Waals surface area contributed by atoms with Gasteiger partial charge in [-0.2, -0.15) is 0 Å². The van der Waals surface area contributed by atoms with Gasteiger partial charge in [0.15, 0.2) is 0 Å². The average molecular weight is 347 g/mol. The van der Waals surface area contributed by atoms with Crippen molar-refractivity contribution in [3.8, 4) is 0 Å². The number of nitrogens with zero attached hydrogens (tertiary/aromatic N) is 2. The van der Waals surface area contributed by atoms with Gasteiger partial charge in [-0.1, -0.05) is 20.8 Å². The molecule has 0 bridgehead atoms. The fourth-order valence-corrected chi connectivity index (χ4v) is 6.60. The number of hydrogen-bond donors (Lipinski definition) is 0. The van der Waals surface area contributed by atoms with Crippen molar-refractivity contribution in [1.29, 1.82) is 0 Å². The first kappa shape index (κ1) is 18.3. The molecule has 2 atom stereocenters. The van der Waals surface area contributed by atoms with Crippen LogP contribution in [0.15, 0.2) is 0 Å². The van der Waals surface area contributed by atoms with Crippen LogP contribution in [0.3, 0.4) is 0 Å². The molecule has 2 saturated heterocycles. The lowest BCUT2D eigenvalue weighted by Crippen LogP contribution is -2.57. The van der Waals surface area contributed by atoms with Gasteiger partial charge in [-0.05, 0) is 101 Å². The Bertz CT molecular complexity index is 467. The second-order valence-corrected chi connectivity index (χ2v) is 12.2. The van der Waals surface area contributed by atoms with Crippen molar-refractivity contribution in [3.05, 3.63) is 0 Å². The lowest BCUT2D eigenvalue weighted by molar-refractivity contribution is -0.0543. The molecule has 0 aromatic heterocycles. The van der Waals surface area contributed by atoms with E-state index in [9.17, 15) is 0 Å². The first-order valence-corrected chi connectivity index (χ1v) is 11.0. The summed E-state index contributed by atoms with van der Waals surface area (Å²) in [5.74, 6) is 3.01. The molecule has 4 fully saturated rings. The van der Waals surface area contributed by atoms with Gasteiger partial charge in [0.1, 0.15) is 0 Å². The molecular weight excluding hydrogens is 304 g/mol. The van der Waals surface area contributed by atoms with Gasteiger partial charge in [0, 0.05) is 24.7 Å². The molecule has 0 N–H and O–H groups in total. The van der Waals surface area contributed by atoms with Crippen molar-refractivity contribution < 1.29 is 0 Å². The minimum Gasteiger partial charge on any atom is -0.300 e. The maximum Gasteiger partial charge on any atom is 0.0125 e. The molecule has 2 nitrogen and oxygen atoms in total. The van der Waals surface area contributed by atoms with Crippen LogP contribution in [0.2, 0.25) is 0 Å². The fourth-order valence-electron chi connectivity index (χ4n) is 6.60. The van der Waals surface area contributed by atoms with Crippen LogP contribution in [0.5, 0.6) is 0 Å². The zero-order valence-corrected chi connectivity index (χ0v) is 17.8. The Kier molecular flexibility index (Phi) is 4.36. The molecule has 2 heterocycles. The van der Waals surface area contributed by atoms with E-state index in [-0.39, 0.29) is 0 Å². The monoisotopic (exact) mass is 346 g/mol. The Balaban J connectivity index is 1.25. The highest BCUT2D eigenvalue weighted by molar-refractivity contribution is 5.05. The average Bonchev–Trinajstić information content (AvgIpc) is 3.01. The maximum absolute atomic E-state index is 2.91. The van der Waals surface area contributed by atoms with E-state index < -0.39 is 0 Å². The van der Waals surface area contributed by atoms with Crippen LogP contribution in [0.25, 0.3) is 0 Å². The Morgan fingerprint density at radius 3 is 1.76 bits per heavy atom. The zero-order valence-electron chi connectivity index (χ0n) is 17.8. The van der Waals surface area contributed by atoms with Gasteiger partial charge in [-0.15, -0.1) is 0 Å². The number of hydrogen-bond acceptors (Lipinski definition) is 2. The molecule has 2 aliphatic heterocycles. The summed E-state index contributed by atoms with van der Waals surface area (Å²) in [4.78, 5) is 5.62. The van der Waals surface area contributed by atoms with Gasteiger partial charge in [0.2, 0.25) is 0 Å². The summed E-state index contributed by atoms with van der Waals surface area (Å²) in [5, 5.41) is 0. The van der Waals surface area contributed by atoms with Crippen LogP contribution in [0.4, 0.5) is 0 Å². The predicted molar refractivity (Wildman–Crippen MR) is 107 cm³/mol. The first-order chi connectivity index (χ1) is 11.6. The third-order valence-electron chi connectivity index (χ3n) is 8.63. The summed E-state index contributed by atoms with van der Waals surface area (Å²) in [7, 11) is 0. The van der Waals surface area contributed by atoms with E-state index in [1.807, 2.05) is 0 Å². The van der Waals surface area contributed by atoms with E-state index in [0.29, 0.717) is 11.0 Å². The Morgan fingerprint density at radius 1 is 0.800 bits per heavy atom. The van der Waals surface area contributed by atoms with Crippen LogP contribution >= 0.6 is 0 Å². The van der Waals surface area contributed by atoms with Crippen molar-refractivity contribution in [2.45, 2.75) is 91.6 Å². The van der Waals surface area contributed by atoms with Crippen molar-refractivity contribution in [1.82, 2.24) is 9.80 Å². The van der Waals surface area contributed by atoms with Gasteiger partial charge in [-0.25, -0.2) is 0 Å². The fraction of sp³-hybridized carbons (Fsp3) is 1.00. The largest absolute Gasteiger partial charge is 0.300 e. The number of rotatable bonds is 1. The molecule has 144 valence electrons. The Morgan fingerprint density at radius 2 is 1.32 bits per heavy atom. The third-order valence-corrected chi connectivity index (χ3v) is 8.63. The molecule has 2 saturated carbocycles. The summed E-state index contributed by atoms with van der Waals surface area (Å²) < 4.78 is 0. The smallest absolute Gasteiger partial charge is 0.0125 e. The summed E-state index contributed by atoms with van der Waals surface area (Å²) in [6, 6.07) is 0.930. The van der Waals surface area contributed by atoms with Gasteiger partial charge in [0.05, 0.1) is 0 Å². The normalized spacial score (nSPS) is 35.3. The van der Waals surface area contributed by atoms with E-state index in [2.05, 4.69) is 51.3 Å². The van der Waals surface area contributed by atoms with E-state index in [1.54, 1.807) is 0 Å². The van der Waals surface area contributed by atoms with Crippen LogP contribution < -0.4 is 0 Å². The van der Waals surface area contributed by atoms with E-state index in [4.69, 9.17) is 0 Å². The van der Waals surface area contributed by atoms with Crippen molar-refractivity contribution in [2.75, 3.05) is 26.2 Å². The second-order valence-electron chi connectivity index (χ2n) is 12.2. The summed E-state index contributed by atoms with van der Waals surface area (Å²) in [6.45, 7) is 20.0. The van der Waals surface area contributed by atoms with Crippen molar-refractivity contribution >= 4 is 0 Å². The molecule has 4 aliphatic rings. The lowest BCUT2D eigenvalue weighted by atomic mass is 9.59. The Labute approximate surface area is 156 Å². The minimum atomic E-state index is 0.362. The van der Waals surface area contributed by atoms with Crippen molar-refractivity contribution in [3.63, 3.8) is 0 Å². The number of piperidine rings is 1. The maximum atomic E-state index is 2.91. The van der Waals surface area contributed by atoms with E-state index >= 15 is 0 Å². The number of likely N-dealkylation sites (tertiary alicyclic amines) is 2. The molecule has 0 aromatic rings. The summed E-state index contributed by atoms with van der Waals surface area (Å²) in [5.41, 5.74) is 1.61. The highest BCUT2D eigenvalue weighted by Crippen LogP contribution is 2.55. The van der Waals surface area contributed by atoms with Gasteiger partial charge in [-0.3, -0.25) is 9.80 Å². The van der Waals surface area contributed by atoms with Crippen LogP contribution in [-0.4, -0.2) is 47.6 Å². The lowest BCUT2D eigenvalue weighted by Gasteiger charge is -2.56. The highest BCUT2D eigenvalue weighted by atomic mass is 15.2. The van der Waals surface area contributed by atoms with Gasteiger partial charge in [0.25, 0.3) is 0 Å². The molecule has 2 heteroatoms. The van der Waals surface area contributed by atoms with Crippen LogP contribution in [-0.2, 0) is 0 Å². The zero-order chi connectivity index (χ0) is 18.0. The van der Waals surface area contributed by atoms with Crippen molar-refractivity contribution in [2.24, 2.45) is 28.6 Å².